The number of halogens is 2. The van der Waals surface area contributed by atoms with Crippen LogP contribution in [0.5, 0.6) is 0 Å². The molecule has 0 radical (unpaired) electrons. The molecular weight excluding hydrogens is 265 g/mol. The predicted octanol–water partition coefficient (Wildman–Crippen LogP) is 3.39. The minimum absolute atomic E-state index is 0.145. The van der Waals surface area contributed by atoms with E-state index in [1.807, 2.05) is 0 Å². The smallest absolute Gasteiger partial charge is 0.357 e. The first-order chi connectivity index (χ1) is 8.13. The SMILES string of the molecule is COC(=O)c1csc(-c2c(F)cccc2Cl)n1. The average Bonchev–Trinajstić information content (AvgIpc) is 2.77. The Balaban J connectivity index is 2.47. The van der Waals surface area contributed by atoms with Crippen molar-refractivity contribution in [2.75, 3.05) is 7.11 Å². The van der Waals surface area contributed by atoms with Crippen molar-refractivity contribution in [2.45, 2.75) is 0 Å². The van der Waals surface area contributed by atoms with Gasteiger partial charge in [-0.3, -0.25) is 0 Å². The summed E-state index contributed by atoms with van der Waals surface area (Å²) in [4.78, 5) is 15.2. The second kappa shape index (κ2) is 4.81. The Morgan fingerprint density at radius 2 is 2.29 bits per heavy atom. The lowest BCUT2D eigenvalue weighted by Gasteiger charge is -2.01. The first kappa shape index (κ1) is 12.0. The van der Waals surface area contributed by atoms with Crippen molar-refractivity contribution in [1.29, 1.82) is 0 Å². The van der Waals surface area contributed by atoms with Gasteiger partial charge in [-0.25, -0.2) is 14.2 Å². The molecule has 1 heterocycles. The number of esters is 1. The van der Waals surface area contributed by atoms with E-state index in [2.05, 4.69) is 9.72 Å². The zero-order chi connectivity index (χ0) is 12.4. The van der Waals surface area contributed by atoms with Gasteiger partial charge < -0.3 is 4.74 Å². The highest BCUT2D eigenvalue weighted by Gasteiger charge is 2.16. The predicted molar refractivity (Wildman–Crippen MR) is 63.9 cm³/mol. The summed E-state index contributed by atoms with van der Waals surface area (Å²) in [5.74, 6) is -1.02. The third kappa shape index (κ3) is 2.30. The molecule has 0 aliphatic carbocycles. The molecule has 1 aromatic heterocycles. The van der Waals surface area contributed by atoms with Crippen LogP contribution in [-0.4, -0.2) is 18.1 Å². The van der Waals surface area contributed by atoms with E-state index in [1.165, 1.54) is 24.6 Å². The normalized spacial score (nSPS) is 10.3. The molecule has 3 nitrogen and oxygen atoms in total. The molecule has 0 atom stereocenters. The van der Waals surface area contributed by atoms with Crippen molar-refractivity contribution in [2.24, 2.45) is 0 Å². The molecule has 0 saturated carbocycles. The number of hydrogen-bond donors (Lipinski definition) is 0. The molecule has 2 rings (SSSR count). The molecule has 0 unspecified atom stereocenters. The Morgan fingerprint density at radius 3 is 2.94 bits per heavy atom. The molecule has 0 amide bonds. The third-order valence-electron chi connectivity index (χ3n) is 2.08. The lowest BCUT2D eigenvalue weighted by molar-refractivity contribution is 0.0595. The number of thiazole rings is 1. The van der Waals surface area contributed by atoms with Crippen LogP contribution in [0, 0.1) is 5.82 Å². The van der Waals surface area contributed by atoms with Gasteiger partial charge in [0.15, 0.2) is 5.69 Å². The Labute approximate surface area is 106 Å². The highest BCUT2D eigenvalue weighted by atomic mass is 35.5. The van der Waals surface area contributed by atoms with Crippen LogP contribution in [0.15, 0.2) is 23.6 Å². The number of rotatable bonds is 2. The number of aromatic nitrogens is 1. The first-order valence-corrected chi connectivity index (χ1v) is 5.87. The minimum Gasteiger partial charge on any atom is -0.464 e. The van der Waals surface area contributed by atoms with E-state index in [0.29, 0.717) is 5.01 Å². The van der Waals surface area contributed by atoms with Crippen molar-refractivity contribution < 1.29 is 13.9 Å². The number of nitrogens with zero attached hydrogens (tertiary/aromatic N) is 1. The lowest BCUT2D eigenvalue weighted by atomic mass is 10.2. The Bertz CT molecular complexity index is 550. The van der Waals surface area contributed by atoms with E-state index in [0.717, 1.165) is 11.3 Å². The maximum atomic E-state index is 13.6. The van der Waals surface area contributed by atoms with E-state index in [4.69, 9.17) is 11.6 Å². The van der Waals surface area contributed by atoms with Gasteiger partial charge in [0.25, 0.3) is 0 Å². The summed E-state index contributed by atoms with van der Waals surface area (Å²) >= 11 is 7.04. The number of ether oxygens (including phenoxy) is 1. The second-order valence-corrected chi connectivity index (χ2v) is 4.39. The minimum atomic E-state index is -0.556. The van der Waals surface area contributed by atoms with E-state index < -0.39 is 11.8 Å². The van der Waals surface area contributed by atoms with Gasteiger partial charge in [0, 0.05) is 5.38 Å². The van der Waals surface area contributed by atoms with Crippen molar-refractivity contribution >= 4 is 28.9 Å². The van der Waals surface area contributed by atoms with Crippen LogP contribution in [0.4, 0.5) is 4.39 Å². The van der Waals surface area contributed by atoms with Gasteiger partial charge in [-0.15, -0.1) is 11.3 Å². The van der Waals surface area contributed by atoms with Crippen LogP contribution in [0.1, 0.15) is 10.5 Å². The van der Waals surface area contributed by atoms with Gasteiger partial charge in [0.1, 0.15) is 10.8 Å². The van der Waals surface area contributed by atoms with E-state index in [1.54, 1.807) is 6.07 Å². The monoisotopic (exact) mass is 271 g/mol. The number of carbonyl (C=O) groups excluding carboxylic acids is 1. The number of hydrogen-bond acceptors (Lipinski definition) is 4. The number of carbonyl (C=O) groups is 1. The summed E-state index contributed by atoms with van der Waals surface area (Å²) in [6, 6.07) is 4.37. The molecule has 0 aliphatic rings. The molecule has 0 N–H and O–H groups in total. The Kier molecular flexibility index (Phi) is 3.40. The van der Waals surface area contributed by atoms with Gasteiger partial charge in [-0.1, -0.05) is 17.7 Å². The fourth-order valence-electron chi connectivity index (χ4n) is 1.29. The molecule has 2 aromatic rings. The maximum absolute atomic E-state index is 13.6. The molecule has 0 bridgehead atoms. The van der Waals surface area contributed by atoms with Crippen molar-refractivity contribution in [3.05, 3.63) is 40.1 Å². The quantitative estimate of drug-likeness (QED) is 0.786. The van der Waals surface area contributed by atoms with E-state index in [9.17, 15) is 9.18 Å². The molecule has 1 aromatic carbocycles. The first-order valence-electron chi connectivity index (χ1n) is 4.61. The summed E-state index contributed by atoms with van der Waals surface area (Å²) in [5.41, 5.74) is 0.348. The summed E-state index contributed by atoms with van der Waals surface area (Å²) < 4.78 is 18.1. The molecule has 0 saturated heterocycles. The van der Waals surface area contributed by atoms with Gasteiger partial charge in [-0.2, -0.15) is 0 Å². The second-order valence-electron chi connectivity index (χ2n) is 3.13. The van der Waals surface area contributed by atoms with Gasteiger partial charge in [-0.05, 0) is 12.1 Å². The number of benzene rings is 1. The molecule has 0 fully saturated rings. The van der Waals surface area contributed by atoms with Crippen LogP contribution in [0.2, 0.25) is 5.02 Å². The Morgan fingerprint density at radius 1 is 1.53 bits per heavy atom. The van der Waals surface area contributed by atoms with Crippen LogP contribution in [0.3, 0.4) is 0 Å². The van der Waals surface area contributed by atoms with Gasteiger partial charge in [0.05, 0.1) is 17.7 Å². The van der Waals surface area contributed by atoms with Crippen molar-refractivity contribution in [1.82, 2.24) is 4.98 Å². The maximum Gasteiger partial charge on any atom is 0.357 e. The highest BCUT2D eigenvalue weighted by Crippen LogP contribution is 2.32. The summed E-state index contributed by atoms with van der Waals surface area (Å²) in [6.45, 7) is 0. The summed E-state index contributed by atoms with van der Waals surface area (Å²) in [7, 11) is 1.26. The van der Waals surface area contributed by atoms with Gasteiger partial charge >= 0.3 is 5.97 Å². The van der Waals surface area contributed by atoms with Crippen molar-refractivity contribution in [3.8, 4) is 10.6 Å². The topological polar surface area (TPSA) is 39.2 Å². The fraction of sp³-hybridized carbons (Fsp3) is 0.0909. The summed E-state index contributed by atoms with van der Waals surface area (Å²) in [6.07, 6.45) is 0. The zero-order valence-corrected chi connectivity index (χ0v) is 10.3. The van der Waals surface area contributed by atoms with Crippen LogP contribution in [-0.2, 0) is 4.74 Å². The lowest BCUT2D eigenvalue weighted by Crippen LogP contribution is -2.01. The van der Waals surface area contributed by atoms with Crippen LogP contribution >= 0.6 is 22.9 Å². The highest BCUT2D eigenvalue weighted by molar-refractivity contribution is 7.13. The molecule has 6 heteroatoms. The average molecular weight is 272 g/mol. The van der Waals surface area contributed by atoms with Gasteiger partial charge in [0.2, 0.25) is 0 Å². The van der Waals surface area contributed by atoms with Crippen LogP contribution < -0.4 is 0 Å². The molecular formula is C11H7ClFNO2S. The van der Waals surface area contributed by atoms with Crippen molar-refractivity contribution in [3.63, 3.8) is 0 Å². The molecule has 0 aliphatic heterocycles. The third-order valence-corrected chi connectivity index (χ3v) is 3.25. The largest absolute Gasteiger partial charge is 0.464 e. The molecule has 17 heavy (non-hydrogen) atoms. The molecule has 0 spiro atoms. The summed E-state index contributed by atoms with van der Waals surface area (Å²) in [5, 5.41) is 2.12. The Hall–Kier alpha value is -1.46. The zero-order valence-electron chi connectivity index (χ0n) is 8.74. The number of methoxy groups -OCH3 is 1. The van der Waals surface area contributed by atoms with E-state index in [-0.39, 0.29) is 16.3 Å². The standard InChI is InChI=1S/C11H7ClFNO2S/c1-16-11(15)8-5-17-10(14-8)9-6(12)3-2-4-7(9)13/h2-5H,1H3. The molecule has 88 valence electrons. The fourth-order valence-corrected chi connectivity index (χ4v) is 2.45. The van der Waals surface area contributed by atoms with Crippen LogP contribution in [0.25, 0.3) is 10.6 Å². The van der Waals surface area contributed by atoms with E-state index >= 15 is 0 Å².